The number of benzene rings is 1. The average molecular weight is 335 g/mol. The molecule has 0 radical (unpaired) electrons. The molecule has 1 unspecified atom stereocenters. The predicted molar refractivity (Wildman–Crippen MR) is 100 cm³/mol. The molecule has 130 valence electrons. The van der Waals surface area contributed by atoms with Crippen molar-refractivity contribution in [3.05, 3.63) is 41.5 Å². The zero-order chi connectivity index (χ0) is 17.3. The number of anilines is 2. The molecule has 0 spiro atoms. The highest BCUT2D eigenvalue weighted by Crippen LogP contribution is 2.67. The SMILES string of the molecule is CN1c2ccc(N)c(C=N)c2[C@H]2[C@@H]3CC[C@H](C3)[C@H]2C1(C)c1c[nH]cn1. The van der Waals surface area contributed by atoms with E-state index < -0.39 is 0 Å². The summed E-state index contributed by atoms with van der Waals surface area (Å²) in [7, 11) is 2.18. The summed E-state index contributed by atoms with van der Waals surface area (Å²) in [5.74, 6) is 2.44. The van der Waals surface area contributed by atoms with Crippen LogP contribution in [-0.2, 0) is 5.54 Å². The van der Waals surface area contributed by atoms with Crippen LogP contribution >= 0.6 is 0 Å². The van der Waals surface area contributed by atoms with Gasteiger partial charge in [-0.3, -0.25) is 0 Å². The first-order valence-electron chi connectivity index (χ1n) is 9.23. The van der Waals surface area contributed by atoms with Gasteiger partial charge in [-0.25, -0.2) is 4.98 Å². The van der Waals surface area contributed by atoms with Crippen molar-refractivity contribution < 1.29 is 0 Å². The molecule has 1 aromatic heterocycles. The number of nitrogens with zero attached hydrogens (tertiary/aromatic N) is 2. The van der Waals surface area contributed by atoms with E-state index in [1.807, 2.05) is 6.07 Å². The summed E-state index contributed by atoms with van der Waals surface area (Å²) in [6.45, 7) is 2.35. The fourth-order valence-electron chi connectivity index (χ4n) is 6.31. The van der Waals surface area contributed by atoms with Crippen LogP contribution in [0.3, 0.4) is 0 Å². The number of nitrogen functional groups attached to an aromatic ring is 1. The van der Waals surface area contributed by atoms with E-state index in [1.54, 1.807) is 6.33 Å². The maximum Gasteiger partial charge on any atom is 0.0924 e. The Balaban J connectivity index is 1.81. The van der Waals surface area contributed by atoms with Gasteiger partial charge in [0.15, 0.2) is 0 Å². The third kappa shape index (κ3) is 1.68. The molecule has 5 rings (SSSR count). The number of nitrogens with one attached hydrogen (secondary N) is 2. The third-order valence-corrected chi connectivity index (χ3v) is 7.42. The number of hydrogen-bond donors (Lipinski definition) is 3. The maximum absolute atomic E-state index is 7.97. The molecule has 5 atom stereocenters. The van der Waals surface area contributed by atoms with E-state index in [4.69, 9.17) is 11.1 Å². The number of H-pyrrole nitrogens is 1. The monoisotopic (exact) mass is 335 g/mol. The molecular formula is C20H25N5. The van der Waals surface area contributed by atoms with Gasteiger partial charge in [-0.1, -0.05) is 0 Å². The van der Waals surface area contributed by atoms with Crippen molar-refractivity contribution in [3.8, 4) is 0 Å². The van der Waals surface area contributed by atoms with Crippen LogP contribution in [0.5, 0.6) is 0 Å². The molecule has 2 aromatic rings. The molecule has 0 amide bonds. The zero-order valence-electron chi connectivity index (χ0n) is 14.8. The van der Waals surface area contributed by atoms with Gasteiger partial charge in [0.2, 0.25) is 0 Å². The van der Waals surface area contributed by atoms with Crippen LogP contribution in [-0.4, -0.2) is 23.2 Å². The summed E-state index contributed by atoms with van der Waals surface area (Å²) in [5, 5.41) is 7.97. The molecule has 1 aliphatic heterocycles. The fraction of sp³-hybridized carbons (Fsp3) is 0.500. The number of rotatable bonds is 2. The van der Waals surface area contributed by atoms with Crippen molar-refractivity contribution in [2.45, 2.75) is 37.6 Å². The van der Waals surface area contributed by atoms with Crippen molar-refractivity contribution >= 4 is 17.6 Å². The van der Waals surface area contributed by atoms with Crippen LogP contribution in [0.2, 0.25) is 0 Å². The first-order chi connectivity index (χ1) is 12.1. The molecule has 2 aliphatic carbocycles. The Kier molecular flexibility index (Phi) is 2.92. The van der Waals surface area contributed by atoms with E-state index in [1.165, 1.54) is 36.7 Å². The predicted octanol–water partition coefficient (Wildman–Crippen LogP) is 3.48. The van der Waals surface area contributed by atoms with Gasteiger partial charge in [-0.15, -0.1) is 0 Å². The number of aromatic amines is 1. The lowest BCUT2D eigenvalue weighted by Crippen LogP contribution is -2.55. The Labute approximate surface area is 148 Å². The van der Waals surface area contributed by atoms with Crippen molar-refractivity contribution in [1.82, 2.24) is 9.97 Å². The van der Waals surface area contributed by atoms with Crippen molar-refractivity contribution in [1.29, 1.82) is 5.41 Å². The normalized spacial score (nSPS) is 35.5. The van der Waals surface area contributed by atoms with Crippen LogP contribution < -0.4 is 10.6 Å². The molecule has 5 heteroatoms. The smallest absolute Gasteiger partial charge is 0.0924 e. The van der Waals surface area contributed by atoms with E-state index in [2.05, 4.69) is 41.1 Å². The number of aromatic nitrogens is 2. The summed E-state index contributed by atoms with van der Waals surface area (Å²) in [5.41, 5.74) is 11.4. The van der Waals surface area contributed by atoms with Gasteiger partial charge >= 0.3 is 0 Å². The summed E-state index contributed by atoms with van der Waals surface area (Å²) < 4.78 is 0. The lowest BCUT2D eigenvalue weighted by molar-refractivity contribution is 0.153. The number of imidazole rings is 1. The number of nitrogens with two attached hydrogens (primary N) is 1. The molecule has 2 bridgehead atoms. The second-order valence-corrected chi connectivity index (χ2v) is 8.19. The second kappa shape index (κ2) is 4.87. The van der Waals surface area contributed by atoms with Gasteiger partial charge in [0, 0.05) is 36.4 Å². The minimum absolute atomic E-state index is 0.132. The summed E-state index contributed by atoms with van der Waals surface area (Å²) >= 11 is 0. The average Bonchev–Trinajstić information content (AvgIpc) is 3.35. The zero-order valence-corrected chi connectivity index (χ0v) is 14.8. The maximum atomic E-state index is 7.97. The topological polar surface area (TPSA) is 81.8 Å². The Morgan fingerprint density at radius 3 is 2.88 bits per heavy atom. The van der Waals surface area contributed by atoms with Gasteiger partial charge in [0.1, 0.15) is 0 Å². The summed E-state index contributed by atoms with van der Waals surface area (Å²) in [6, 6.07) is 4.10. The highest BCUT2D eigenvalue weighted by Gasteiger charge is 2.61. The van der Waals surface area contributed by atoms with Gasteiger partial charge in [0.05, 0.1) is 17.6 Å². The van der Waals surface area contributed by atoms with Crippen molar-refractivity contribution in [2.75, 3.05) is 17.7 Å². The molecule has 3 aliphatic rings. The largest absolute Gasteiger partial charge is 0.398 e. The fourth-order valence-corrected chi connectivity index (χ4v) is 6.31. The molecule has 0 saturated heterocycles. The van der Waals surface area contributed by atoms with Gasteiger partial charge in [0.25, 0.3) is 0 Å². The number of hydrogen-bond acceptors (Lipinski definition) is 4. The van der Waals surface area contributed by atoms with Gasteiger partial charge in [-0.2, -0.15) is 0 Å². The van der Waals surface area contributed by atoms with E-state index in [9.17, 15) is 0 Å². The Bertz CT molecular complexity index is 842. The van der Waals surface area contributed by atoms with Gasteiger partial charge < -0.3 is 21.0 Å². The first-order valence-corrected chi connectivity index (χ1v) is 9.23. The quantitative estimate of drug-likeness (QED) is 0.580. The van der Waals surface area contributed by atoms with E-state index in [0.717, 1.165) is 22.9 Å². The van der Waals surface area contributed by atoms with E-state index in [0.29, 0.717) is 17.8 Å². The van der Waals surface area contributed by atoms with Crippen molar-refractivity contribution in [3.63, 3.8) is 0 Å². The molecular weight excluding hydrogens is 310 g/mol. The highest BCUT2D eigenvalue weighted by atomic mass is 15.2. The lowest BCUT2D eigenvalue weighted by atomic mass is 9.61. The van der Waals surface area contributed by atoms with E-state index >= 15 is 0 Å². The first kappa shape index (κ1) is 15.0. The lowest BCUT2D eigenvalue weighted by Gasteiger charge is -2.54. The van der Waals surface area contributed by atoms with Crippen LogP contribution in [0.25, 0.3) is 0 Å². The van der Waals surface area contributed by atoms with Crippen LogP contribution in [0, 0.1) is 23.2 Å². The molecule has 2 fully saturated rings. The van der Waals surface area contributed by atoms with Gasteiger partial charge in [-0.05, 0) is 67.6 Å². The standard InChI is InChI=1S/C20H25N5/c1-20(16-9-23-10-24-16)19-12-4-3-11(7-12)17(19)18-13(8-21)14(22)5-6-15(18)25(20)2/h5-6,8-12,17,19,21H,3-4,7,22H2,1-2H3,(H,23,24)/t11-,12-,17-,19-,20?/m1/s1. The molecule has 2 saturated carbocycles. The highest BCUT2D eigenvalue weighted by molar-refractivity contribution is 5.91. The summed E-state index contributed by atoms with van der Waals surface area (Å²) in [6.07, 6.45) is 9.23. The van der Waals surface area contributed by atoms with Crippen LogP contribution in [0.15, 0.2) is 24.7 Å². The second-order valence-electron chi connectivity index (χ2n) is 8.19. The summed E-state index contributed by atoms with van der Waals surface area (Å²) in [4.78, 5) is 10.2. The third-order valence-electron chi connectivity index (χ3n) is 7.42. The molecule has 2 heterocycles. The Morgan fingerprint density at radius 1 is 1.36 bits per heavy atom. The molecule has 4 N–H and O–H groups in total. The number of fused-ring (bicyclic) bond motifs is 7. The van der Waals surface area contributed by atoms with Crippen LogP contribution in [0.1, 0.15) is 48.9 Å². The Morgan fingerprint density at radius 2 is 2.16 bits per heavy atom. The minimum atomic E-state index is -0.132. The van der Waals surface area contributed by atoms with Crippen molar-refractivity contribution in [2.24, 2.45) is 17.8 Å². The molecule has 5 nitrogen and oxygen atoms in total. The minimum Gasteiger partial charge on any atom is -0.398 e. The van der Waals surface area contributed by atoms with E-state index in [-0.39, 0.29) is 5.54 Å². The van der Waals surface area contributed by atoms with Crippen LogP contribution in [0.4, 0.5) is 11.4 Å². The molecule has 25 heavy (non-hydrogen) atoms. The molecule has 1 aromatic carbocycles. The Hall–Kier alpha value is -2.30.